The van der Waals surface area contributed by atoms with Crippen LogP contribution in [0.2, 0.25) is 0 Å². The monoisotopic (exact) mass is 312 g/mol. The maximum Gasteiger partial charge on any atom is 0.220 e. The Hall–Kier alpha value is -1.06. The number of carbonyl (C=O) groups is 1. The average Bonchev–Trinajstić information content (AvgIpc) is 2.35. The largest absolute Gasteiger partial charge is 0.396 e. The summed E-state index contributed by atoms with van der Waals surface area (Å²) in [6.07, 6.45) is 4.61. The molecule has 0 aromatic heterocycles. The fraction of sp³-hybridized carbons (Fsp3) is 0.889. The van der Waals surface area contributed by atoms with Gasteiger partial charge in [0.25, 0.3) is 0 Å². The third-order valence-electron chi connectivity index (χ3n) is 3.60. The number of carbonyl (C=O) groups excluding carboxylic acids is 1. The summed E-state index contributed by atoms with van der Waals surface area (Å²) in [5.41, 5.74) is 1.38. The number of amides is 1. The van der Waals surface area contributed by atoms with Crippen molar-refractivity contribution in [1.82, 2.24) is 5.32 Å². The Balaban J connectivity index is 3.59. The van der Waals surface area contributed by atoms with E-state index in [-0.39, 0.29) is 11.3 Å². The highest BCUT2D eigenvalue weighted by Crippen LogP contribution is 2.21. The summed E-state index contributed by atoms with van der Waals surface area (Å²) in [5.74, 6) is 0.107. The van der Waals surface area contributed by atoms with E-state index in [1.807, 2.05) is 6.92 Å². The summed E-state index contributed by atoms with van der Waals surface area (Å²) in [5, 5.41) is 7.05. The number of oxime groups is 1. The Bertz CT molecular complexity index is 349. The van der Waals surface area contributed by atoms with Gasteiger partial charge in [0.1, 0.15) is 6.61 Å². The lowest BCUT2D eigenvalue weighted by molar-refractivity contribution is -0.121. The van der Waals surface area contributed by atoms with Gasteiger partial charge in [-0.15, -0.1) is 0 Å². The summed E-state index contributed by atoms with van der Waals surface area (Å²) in [4.78, 5) is 16.9. The molecule has 0 aliphatic carbocycles. The topological polar surface area (TPSA) is 50.7 Å². The minimum absolute atomic E-state index is 0.0322. The minimum Gasteiger partial charge on any atom is -0.396 e. The van der Waals surface area contributed by atoms with Crippen molar-refractivity contribution >= 4 is 11.6 Å². The molecule has 0 aromatic rings. The molecule has 0 aliphatic rings. The Kier molecular flexibility index (Phi) is 9.38. The van der Waals surface area contributed by atoms with Gasteiger partial charge in [0.2, 0.25) is 5.91 Å². The van der Waals surface area contributed by atoms with E-state index in [0.717, 1.165) is 25.1 Å². The molecule has 0 saturated carbocycles. The molecule has 130 valence electrons. The lowest BCUT2D eigenvalue weighted by Crippen LogP contribution is -2.24. The van der Waals surface area contributed by atoms with Crippen LogP contribution in [0.25, 0.3) is 0 Å². The smallest absolute Gasteiger partial charge is 0.220 e. The summed E-state index contributed by atoms with van der Waals surface area (Å²) in [6, 6.07) is 0. The van der Waals surface area contributed by atoms with Crippen molar-refractivity contribution in [2.24, 2.45) is 16.0 Å². The molecule has 0 bridgehead atoms. The van der Waals surface area contributed by atoms with Crippen LogP contribution < -0.4 is 5.32 Å². The van der Waals surface area contributed by atoms with Crippen LogP contribution in [-0.4, -0.2) is 24.8 Å². The molecule has 0 spiro atoms. The highest BCUT2D eigenvalue weighted by Gasteiger charge is 2.14. The van der Waals surface area contributed by atoms with Crippen LogP contribution in [0.1, 0.15) is 80.6 Å². The number of hydrogen-bond acceptors (Lipinski definition) is 3. The minimum atomic E-state index is 0.0322. The SMILES string of the molecule is C/C(=N\OCCCC(=O)NCCCCC(C)(C)C)C(C)(C)C. The second-order valence-electron chi connectivity index (χ2n) is 8.23. The summed E-state index contributed by atoms with van der Waals surface area (Å²) in [7, 11) is 0. The molecule has 0 unspecified atom stereocenters. The molecule has 1 amide bonds. The van der Waals surface area contributed by atoms with Gasteiger partial charge in [-0.3, -0.25) is 4.79 Å². The summed E-state index contributed by atoms with van der Waals surface area (Å²) in [6.45, 7) is 16.3. The average molecular weight is 312 g/mol. The fourth-order valence-corrected chi connectivity index (χ4v) is 1.67. The van der Waals surface area contributed by atoms with E-state index in [0.29, 0.717) is 24.9 Å². The van der Waals surface area contributed by atoms with Crippen LogP contribution in [0.4, 0.5) is 0 Å². The molecular weight excluding hydrogens is 276 g/mol. The van der Waals surface area contributed by atoms with Crippen molar-refractivity contribution in [3.05, 3.63) is 0 Å². The summed E-state index contributed by atoms with van der Waals surface area (Å²) < 4.78 is 0. The van der Waals surface area contributed by atoms with Crippen LogP contribution in [0.5, 0.6) is 0 Å². The fourth-order valence-electron chi connectivity index (χ4n) is 1.67. The zero-order valence-electron chi connectivity index (χ0n) is 15.7. The molecule has 22 heavy (non-hydrogen) atoms. The van der Waals surface area contributed by atoms with Crippen molar-refractivity contribution in [2.75, 3.05) is 13.2 Å². The number of hydrogen-bond donors (Lipinski definition) is 1. The third kappa shape index (κ3) is 12.7. The second-order valence-corrected chi connectivity index (χ2v) is 8.23. The van der Waals surface area contributed by atoms with Crippen molar-refractivity contribution in [3.8, 4) is 0 Å². The van der Waals surface area contributed by atoms with Gasteiger partial charge >= 0.3 is 0 Å². The van der Waals surface area contributed by atoms with Gasteiger partial charge in [-0.05, 0) is 31.6 Å². The zero-order valence-corrected chi connectivity index (χ0v) is 15.7. The zero-order chi connectivity index (χ0) is 17.2. The Morgan fingerprint density at radius 1 is 1.05 bits per heavy atom. The van der Waals surface area contributed by atoms with Crippen molar-refractivity contribution in [3.63, 3.8) is 0 Å². The van der Waals surface area contributed by atoms with E-state index in [1.54, 1.807) is 0 Å². The van der Waals surface area contributed by atoms with Crippen molar-refractivity contribution in [2.45, 2.75) is 80.6 Å². The maximum absolute atomic E-state index is 11.7. The molecule has 0 saturated heterocycles. The standard InChI is InChI=1S/C18H36N2O2/c1-15(18(5,6)7)20-22-14-10-11-16(21)19-13-9-8-12-17(2,3)4/h8-14H2,1-7H3,(H,19,21)/b20-15+. The second kappa shape index (κ2) is 9.86. The van der Waals surface area contributed by atoms with Gasteiger partial charge in [-0.2, -0.15) is 0 Å². The first-order chi connectivity index (χ1) is 10.0. The molecule has 4 nitrogen and oxygen atoms in total. The van der Waals surface area contributed by atoms with Crippen LogP contribution in [0, 0.1) is 10.8 Å². The first-order valence-corrected chi connectivity index (χ1v) is 8.46. The van der Waals surface area contributed by atoms with E-state index in [1.165, 1.54) is 6.42 Å². The van der Waals surface area contributed by atoms with Gasteiger partial charge in [0.15, 0.2) is 0 Å². The first-order valence-electron chi connectivity index (χ1n) is 8.46. The van der Waals surface area contributed by atoms with Gasteiger partial charge in [-0.25, -0.2) is 0 Å². The predicted molar refractivity (Wildman–Crippen MR) is 94.1 cm³/mol. The number of nitrogens with one attached hydrogen (secondary N) is 1. The van der Waals surface area contributed by atoms with Crippen molar-refractivity contribution < 1.29 is 9.63 Å². The van der Waals surface area contributed by atoms with E-state index in [4.69, 9.17) is 4.84 Å². The lowest BCUT2D eigenvalue weighted by atomic mass is 9.90. The molecular formula is C18H36N2O2. The van der Waals surface area contributed by atoms with Gasteiger partial charge in [0.05, 0.1) is 5.71 Å². The van der Waals surface area contributed by atoms with Gasteiger partial charge in [-0.1, -0.05) is 53.1 Å². The van der Waals surface area contributed by atoms with E-state index in [9.17, 15) is 4.79 Å². The molecule has 0 atom stereocenters. The Labute approximate surface area is 137 Å². The summed E-state index contributed by atoms with van der Waals surface area (Å²) >= 11 is 0. The van der Waals surface area contributed by atoms with Crippen LogP contribution in [-0.2, 0) is 9.63 Å². The van der Waals surface area contributed by atoms with Crippen molar-refractivity contribution in [1.29, 1.82) is 0 Å². The molecule has 4 heteroatoms. The molecule has 0 radical (unpaired) electrons. The van der Waals surface area contributed by atoms with Gasteiger partial charge in [0, 0.05) is 18.4 Å². The Morgan fingerprint density at radius 2 is 1.68 bits per heavy atom. The van der Waals surface area contributed by atoms with Crippen LogP contribution in [0.15, 0.2) is 5.16 Å². The van der Waals surface area contributed by atoms with Crippen LogP contribution >= 0.6 is 0 Å². The number of unbranched alkanes of at least 4 members (excludes halogenated alkanes) is 1. The molecule has 0 heterocycles. The number of rotatable bonds is 9. The molecule has 1 N–H and O–H groups in total. The van der Waals surface area contributed by atoms with Gasteiger partial charge < -0.3 is 10.2 Å². The van der Waals surface area contributed by atoms with E-state index < -0.39 is 0 Å². The molecule has 0 rings (SSSR count). The highest BCUT2D eigenvalue weighted by molar-refractivity contribution is 5.86. The Morgan fingerprint density at radius 3 is 2.23 bits per heavy atom. The lowest BCUT2D eigenvalue weighted by Gasteiger charge is -2.17. The van der Waals surface area contributed by atoms with E-state index in [2.05, 4.69) is 52.0 Å². The molecule has 0 fully saturated rings. The highest BCUT2D eigenvalue weighted by atomic mass is 16.6. The predicted octanol–water partition coefficient (Wildman–Crippen LogP) is 4.54. The van der Waals surface area contributed by atoms with Crippen LogP contribution in [0.3, 0.4) is 0 Å². The third-order valence-corrected chi connectivity index (χ3v) is 3.60. The first kappa shape index (κ1) is 20.9. The number of nitrogens with zero attached hydrogens (tertiary/aromatic N) is 1. The van der Waals surface area contributed by atoms with E-state index >= 15 is 0 Å². The normalized spacial score (nSPS) is 13.1. The molecule has 0 aliphatic heterocycles. The molecule has 0 aromatic carbocycles. The quantitative estimate of drug-likeness (QED) is 0.386. The maximum atomic E-state index is 11.7.